The molecule has 0 aliphatic carbocycles. The lowest BCUT2D eigenvalue weighted by Gasteiger charge is -2.06. The topological polar surface area (TPSA) is 38.7 Å². The maximum absolute atomic E-state index is 10.1. The molecule has 2 aromatic carbocycles. The van der Waals surface area contributed by atoms with Crippen molar-refractivity contribution < 1.29 is 14.6 Å². The largest absolute Gasteiger partial charge is 0.454 e. The molecule has 1 N–H and O–H groups in total. The van der Waals surface area contributed by atoms with Crippen LogP contribution >= 0.6 is 15.9 Å². The van der Waals surface area contributed by atoms with Gasteiger partial charge in [-0.15, -0.1) is 0 Å². The second-order valence-electron chi connectivity index (χ2n) is 4.44. The average Bonchev–Trinajstić information content (AvgIpc) is 2.92. The molecule has 0 amide bonds. The van der Waals surface area contributed by atoms with Crippen molar-refractivity contribution in [2.45, 2.75) is 6.10 Å². The number of fused-ring (bicyclic) bond motifs is 1. The second kappa shape index (κ2) is 5.69. The fourth-order valence-corrected chi connectivity index (χ4v) is 2.47. The highest BCUT2D eigenvalue weighted by atomic mass is 79.9. The molecule has 102 valence electrons. The van der Waals surface area contributed by atoms with Gasteiger partial charge in [-0.3, -0.25) is 0 Å². The van der Waals surface area contributed by atoms with E-state index in [9.17, 15) is 5.11 Å². The Morgan fingerprint density at radius 3 is 2.55 bits per heavy atom. The van der Waals surface area contributed by atoms with E-state index in [-0.39, 0.29) is 6.79 Å². The lowest BCUT2D eigenvalue weighted by atomic mass is 10.1. The summed E-state index contributed by atoms with van der Waals surface area (Å²) in [6.07, 6.45) is 2.98. The van der Waals surface area contributed by atoms with Crippen molar-refractivity contribution in [3.05, 3.63) is 64.1 Å². The predicted octanol–water partition coefficient (Wildman–Crippen LogP) is 3.92. The minimum absolute atomic E-state index is 0.252. The van der Waals surface area contributed by atoms with Crippen LogP contribution in [0, 0.1) is 0 Å². The lowest BCUT2D eigenvalue weighted by Crippen LogP contribution is -1.92. The standard InChI is InChI=1S/C16H13BrO3/c17-13-9-16-15(19-10-20-16)8-12(13)6-7-14(18)11-4-2-1-3-5-11/h1-9,14,18H,10H2/b7-6+. The van der Waals surface area contributed by atoms with E-state index in [1.165, 1.54) is 0 Å². The van der Waals surface area contributed by atoms with Gasteiger partial charge in [-0.05, 0) is 23.3 Å². The van der Waals surface area contributed by atoms with Crippen LogP contribution < -0.4 is 9.47 Å². The van der Waals surface area contributed by atoms with Gasteiger partial charge < -0.3 is 14.6 Å². The molecule has 0 aromatic heterocycles. The van der Waals surface area contributed by atoms with Crippen molar-refractivity contribution in [3.8, 4) is 11.5 Å². The molecule has 1 atom stereocenters. The minimum Gasteiger partial charge on any atom is -0.454 e. The number of ether oxygens (including phenoxy) is 2. The van der Waals surface area contributed by atoms with Crippen LogP contribution in [0.25, 0.3) is 6.08 Å². The Morgan fingerprint density at radius 1 is 1.10 bits per heavy atom. The minimum atomic E-state index is -0.631. The lowest BCUT2D eigenvalue weighted by molar-refractivity contribution is 0.174. The molecular weight excluding hydrogens is 320 g/mol. The van der Waals surface area contributed by atoms with Crippen LogP contribution in [0.2, 0.25) is 0 Å². The van der Waals surface area contributed by atoms with Crippen molar-refractivity contribution in [1.29, 1.82) is 0 Å². The summed E-state index contributed by atoms with van der Waals surface area (Å²) in [5.41, 5.74) is 1.80. The molecule has 0 saturated heterocycles. The third-order valence-corrected chi connectivity index (χ3v) is 3.78. The maximum atomic E-state index is 10.1. The summed E-state index contributed by atoms with van der Waals surface area (Å²) in [6.45, 7) is 0.252. The normalized spacial score (nSPS) is 14.7. The number of aliphatic hydroxyl groups excluding tert-OH is 1. The number of hydrogen-bond donors (Lipinski definition) is 1. The molecule has 20 heavy (non-hydrogen) atoms. The monoisotopic (exact) mass is 332 g/mol. The van der Waals surface area contributed by atoms with Crippen molar-refractivity contribution in [1.82, 2.24) is 0 Å². The smallest absolute Gasteiger partial charge is 0.231 e. The van der Waals surface area contributed by atoms with Crippen LogP contribution in [-0.2, 0) is 0 Å². The summed E-state index contributed by atoms with van der Waals surface area (Å²) in [7, 11) is 0. The molecule has 1 aliphatic rings. The zero-order chi connectivity index (χ0) is 13.9. The molecule has 3 nitrogen and oxygen atoms in total. The molecule has 1 heterocycles. The summed E-state index contributed by atoms with van der Waals surface area (Å²) in [5, 5.41) is 10.1. The number of hydrogen-bond acceptors (Lipinski definition) is 3. The molecule has 2 aromatic rings. The molecule has 0 bridgehead atoms. The molecule has 3 rings (SSSR count). The van der Waals surface area contributed by atoms with E-state index < -0.39 is 6.10 Å². The maximum Gasteiger partial charge on any atom is 0.231 e. The van der Waals surface area contributed by atoms with Gasteiger partial charge in [0.25, 0.3) is 0 Å². The highest BCUT2D eigenvalue weighted by Crippen LogP contribution is 2.37. The fraction of sp³-hybridized carbons (Fsp3) is 0.125. The van der Waals surface area contributed by atoms with E-state index in [4.69, 9.17) is 9.47 Å². The molecule has 0 spiro atoms. The first kappa shape index (κ1) is 13.2. The van der Waals surface area contributed by atoms with Gasteiger partial charge in [-0.1, -0.05) is 58.4 Å². The summed E-state index contributed by atoms with van der Waals surface area (Å²) in [5.74, 6) is 1.46. The Bertz CT molecular complexity index is 638. The number of aliphatic hydroxyl groups is 1. The SMILES string of the molecule is OC(/C=C/c1cc2c(cc1Br)OCO2)c1ccccc1. The summed E-state index contributed by atoms with van der Waals surface area (Å²) < 4.78 is 11.6. The number of halogens is 1. The fourth-order valence-electron chi connectivity index (χ4n) is 2.02. The van der Waals surface area contributed by atoms with Crippen LogP contribution in [-0.4, -0.2) is 11.9 Å². The Balaban J connectivity index is 1.82. The second-order valence-corrected chi connectivity index (χ2v) is 5.30. The van der Waals surface area contributed by atoms with Crippen molar-refractivity contribution in [3.63, 3.8) is 0 Å². The first-order chi connectivity index (χ1) is 9.74. The van der Waals surface area contributed by atoms with Gasteiger partial charge in [0.2, 0.25) is 6.79 Å². The van der Waals surface area contributed by atoms with Crippen LogP contribution in [0.3, 0.4) is 0 Å². The zero-order valence-electron chi connectivity index (χ0n) is 10.6. The predicted molar refractivity (Wildman–Crippen MR) is 80.7 cm³/mol. The van der Waals surface area contributed by atoms with E-state index in [1.54, 1.807) is 6.08 Å². The first-order valence-corrected chi connectivity index (χ1v) is 7.04. The number of rotatable bonds is 3. The van der Waals surface area contributed by atoms with Gasteiger partial charge in [0.1, 0.15) is 0 Å². The molecule has 0 fully saturated rings. The van der Waals surface area contributed by atoms with Crippen LogP contribution in [0.4, 0.5) is 0 Å². The average molecular weight is 333 g/mol. The zero-order valence-corrected chi connectivity index (χ0v) is 12.2. The van der Waals surface area contributed by atoms with Crippen LogP contribution in [0.1, 0.15) is 17.2 Å². The number of benzene rings is 2. The van der Waals surface area contributed by atoms with Crippen molar-refractivity contribution in [2.24, 2.45) is 0 Å². The van der Waals surface area contributed by atoms with E-state index in [0.29, 0.717) is 0 Å². The van der Waals surface area contributed by atoms with Crippen LogP contribution in [0.15, 0.2) is 53.0 Å². The van der Waals surface area contributed by atoms with E-state index >= 15 is 0 Å². The summed E-state index contributed by atoms with van der Waals surface area (Å²) in [6, 6.07) is 13.3. The van der Waals surface area contributed by atoms with Crippen molar-refractivity contribution >= 4 is 22.0 Å². The molecular formula is C16H13BrO3. The van der Waals surface area contributed by atoms with Gasteiger partial charge in [0, 0.05) is 4.47 Å². The van der Waals surface area contributed by atoms with Gasteiger partial charge in [0.15, 0.2) is 11.5 Å². The van der Waals surface area contributed by atoms with Crippen molar-refractivity contribution in [2.75, 3.05) is 6.79 Å². The Morgan fingerprint density at radius 2 is 1.80 bits per heavy atom. The Hall–Kier alpha value is -1.78. The van der Waals surface area contributed by atoms with E-state index in [1.807, 2.05) is 48.5 Å². The third-order valence-electron chi connectivity index (χ3n) is 3.09. The molecule has 0 radical (unpaired) electrons. The third kappa shape index (κ3) is 2.71. The van der Waals surface area contributed by atoms with Gasteiger partial charge in [-0.25, -0.2) is 0 Å². The highest BCUT2D eigenvalue weighted by molar-refractivity contribution is 9.10. The Labute approximate surface area is 125 Å². The quantitative estimate of drug-likeness (QED) is 0.925. The highest BCUT2D eigenvalue weighted by Gasteiger charge is 2.15. The van der Waals surface area contributed by atoms with E-state index in [2.05, 4.69) is 15.9 Å². The molecule has 1 unspecified atom stereocenters. The van der Waals surface area contributed by atoms with Gasteiger partial charge >= 0.3 is 0 Å². The molecule has 0 saturated carbocycles. The molecule has 4 heteroatoms. The molecule has 1 aliphatic heterocycles. The first-order valence-electron chi connectivity index (χ1n) is 6.24. The van der Waals surface area contributed by atoms with Crippen LogP contribution in [0.5, 0.6) is 11.5 Å². The van der Waals surface area contributed by atoms with Gasteiger partial charge in [0.05, 0.1) is 6.10 Å². The summed E-state index contributed by atoms with van der Waals surface area (Å²) in [4.78, 5) is 0. The van der Waals surface area contributed by atoms with Gasteiger partial charge in [-0.2, -0.15) is 0 Å². The summed E-state index contributed by atoms with van der Waals surface area (Å²) >= 11 is 3.49. The Kier molecular flexibility index (Phi) is 3.76. The van der Waals surface area contributed by atoms with E-state index in [0.717, 1.165) is 27.1 Å².